The second-order valence-electron chi connectivity index (χ2n) is 5.41. The van der Waals surface area contributed by atoms with Gasteiger partial charge in [0, 0.05) is 18.7 Å². The fraction of sp³-hybridized carbons (Fsp3) is 0.467. The number of benzene rings is 1. The molecular formula is C15H18FN3O. The molecule has 0 bridgehead atoms. The Morgan fingerprint density at radius 1 is 1.45 bits per heavy atom. The standard InChI is InChI=1S/C15H18FN3O/c1-11-3-4-12(16)9-13(11)14(20)18-15(10-17)5-7-19(2)8-6-15/h3-4,9H,5-8H2,1-2H3,(H,18,20). The predicted octanol–water partition coefficient (Wildman–Crippen LogP) is 1.85. The number of piperidine rings is 1. The maximum Gasteiger partial charge on any atom is 0.252 e. The zero-order valence-electron chi connectivity index (χ0n) is 11.7. The van der Waals surface area contributed by atoms with Gasteiger partial charge in [0.1, 0.15) is 11.4 Å². The molecule has 1 aliphatic rings. The van der Waals surface area contributed by atoms with Gasteiger partial charge in [0.2, 0.25) is 0 Å². The third-order valence-electron chi connectivity index (χ3n) is 3.85. The summed E-state index contributed by atoms with van der Waals surface area (Å²) < 4.78 is 13.3. The summed E-state index contributed by atoms with van der Waals surface area (Å²) in [4.78, 5) is 14.4. The number of halogens is 1. The van der Waals surface area contributed by atoms with Crippen LogP contribution in [0.15, 0.2) is 18.2 Å². The van der Waals surface area contributed by atoms with Crippen molar-refractivity contribution >= 4 is 5.91 Å². The molecular weight excluding hydrogens is 257 g/mol. The Kier molecular flexibility index (Phi) is 4.05. The van der Waals surface area contributed by atoms with Gasteiger partial charge < -0.3 is 10.2 Å². The average molecular weight is 275 g/mol. The SMILES string of the molecule is Cc1ccc(F)cc1C(=O)NC1(C#N)CCN(C)CC1. The Balaban J connectivity index is 2.18. The molecule has 1 saturated heterocycles. The number of hydrogen-bond donors (Lipinski definition) is 1. The number of nitrogens with one attached hydrogen (secondary N) is 1. The third-order valence-corrected chi connectivity index (χ3v) is 3.85. The monoisotopic (exact) mass is 275 g/mol. The first-order valence-electron chi connectivity index (χ1n) is 6.64. The molecule has 2 rings (SSSR count). The Bertz CT molecular complexity index is 557. The molecule has 4 nitrogen and oxygen atoms in total. The van der Waals surface area contributed by atoms with Crippen molar-refractivity contribution in [2.45, 2.75) is 25.3 Å². The van der Waals surface area contributed by atoms with Crippen LogP contribution < -0.4 is 5.32 Å². The number of rotatable bonds is 2. The normalized spacial score (nSPS) is 18.3. The highest BCUT2D eigenvalue weighted by Gasteiger charge is 2.35. The highest BCUT2D eigenvalue weighted by molar-refractivity contribution is 5.96. The molecule has 106 valence electrons. The molecule has 1 aromatic rings. The van der Waals surface area contributed by atoms with E-state index < -0.39 is 11.4 Å². The van der Waals surface area contributed by atoms with Gasteiger partial charge in [0.15, 0.2) is 0 Å². The summed E-state index contributed by atoms with van der Waals surface area (Å²) in [5.41, 5.74) is 0.144. The number of aryl methyl sites for hydroxylation is 1. The van der Waals surface area contributed by atoms with Crippen LogP contribution >= 0.6 is 0 Å². The number of amides is 1. The van der Waals surface area contributed by atoms with Crippen LogP contribution in [0.2, 0.25) is 0 Å². The molecule has 0 spiro atoms. The van der Waals surface area contributed by atoms with Crippen LogP contribution in [0, 0.1) is 24.1 Å². The zero-order chi connectivity index (χ0) is 14.8. The molecule has 0 aliphatic carbocycles. The van der Waals surface area contributed by atoms with Gasteiger partial charge in [-0.3, -0.25) is 4.79 Å². The molecule has 1 aromatic carbocycles. The smallest absolute Gasteiger partial charge is 0.252 e. The van der Waals surface area contributed by atoms with E-state index in [0.717, 1.165) is 13.1 Å². The predicted molar refractivity (Wildman–Crippen MR) is 73.7 cm³/mol. The maximum absolute atomic E-state index is 13.3. The van der Waals surface area contributed by atoms with E-state index in [2.05, 4.69) is 16.3 Å². The summed E-state index contributed by atoms with van der Waals surface area (Å²) >= 11 is 0. The van der Waals surface area contributed by atoms with Crippen LogP contribution in [0.5, 0.6) is 0 Å². The molecule has 1 aliphatic heterocycles. The van der Waals surface area contributed by atoms with Crippen LogP contribution in [0.4, 0.5) is 4.39 Å². The Morgan fingerprint density at radius 3 is 2.70 bits per heavy atom. The summed E-state index contributed by atoms with van der Waals surface area (Å²) in [5.74, 6) is -0.830. The van der Waals surface area contributed by atoms with Gasteiger partial charge in [0.25, 0.3) is 5.91 Å². The molecule has 0 unspecified atom stereocenters. The summed E-state index contributed by atoms with van der Waals surface area (Å²) in [5, 5.41) is 12.2. The first-order chi connectivity index (χ1) is 9.46. The highest BCUT2D eigenvalue weighted by Crippen LogP contribution is 2.22. The number of likely N-dealkylation sites (tertiary alicyclic amines) is 1. The largest absolute Gasteiger partial charge is 0.334 e. The van der Waals surface area contributed by atoms with Crippen molar-refractivity contribution in [2.24, 2.45) is 0 Å². The van der Waals surface area contributed by atoms with Crippen molar-refractivity contribution in [1.82, 2.24) is 10.2 Å². The summed E-state index contributed by atoms with van der Waals surface area (Å²) in [6, 6.07) is 6.32. The number of nitrogens with zero attached hydrogens (tertiary/aromatic N) is 2. The zero-order valence-corrected chi connectivity index (χ0v) is 11.7. The molecule has 1 amide bonds. The van der Waals surface area contributed by atoms with Crippen molar-refractivity contribution < 1.29 is 9.18 Å². The molecule has 20 heavy (non-hydrogen) atoms. The number of carbonyl (C=O) groups is 1. The maximum atomic E-state index is 13.3. The van der Waals surface area contributed by atoms with E-state index in [1.807, 2.05) is 7.05 Å². The Morgan fingerprint density at radius 2 is 2.10 bits per heavy atom. The van der Waals surface area contributed by atoms with Crippen molar-refractivity contribution in [3.63, 3.8) is 0 Å². The lowest BCUT2D eigenvalue weighted by atomic mass is 9.88. The molecule has 1 N–H and O–H groups in total. The lowest BCUT2D eigenvalue weighted by molar-refractivity contribution is 0.0881. The molecule has 1 heterocycles. The minimum absolute atomic E-state index is 0.290. The lowest BCUT2D eigenvalue weighted by Gasteiger charge is -2.36. The third kappa shape index (κ3) is 2.97. The Hall–Kier alpha value is -1.93. The van der Waals surface area contributed by atoms with Crippen molar-refractivity contribution in [3.05, 3.63) is 35.1 Å². The van der Waals surface area contributed by atoms with Crippen molar-refractivity contribution in [1.29, 1.82) is 5.26 Å². The fourth-order valence-electron chi connectivity index (χ4n) is 2.39. The number of hydrogen-bond acceptors (Lipinski definition) is 3. The van der Waals surface area contributed by atoms with Gasteiger partial charge in [-0.15, -0.1) is 0 Å². The van der Waals surface area contributed by atoms with E-state index in [1.54, 1.807) is 13.0 Å². The first kappa shape index (κ1) is 14.5. The van der Waals surface area contributed by atoms with Crippen molar-refractivity contribution in [3.8, 4) is 6.07 Å². The quantitative estimate of drug-likeness (QED) is 0.896. The van der Waals surface area contributed by atoms with E-state index in [4.69, 9.17) is 0 Å². The Labute approximate surface area is 118 Å². The van der Waals surface area contributed by atoms with E-state index in [1.165, 1.54) is 12.1 Å². The van der Waals surface area contributed by atoms with Crippen LogP contribution in [-0.4, -0.2) is 36.5 Å². The van der Waals surface area contributed by atoms with Crippen LogP contribution in [-0.2, 0) is 0 Å². The second-order valence-corrected chi connectivity index (χ2v) is 5.41. The molecule has 1 fully saturated rings. The number of nitriles is 1. The number of carbonyl (C=O) groups excluding carboxylic acids is 1. The van der Waals surface area contributed by atoms with Gasteiger partial charge >= 0.3 is 0 Å². The molecule has 0 aromatic heterocycles. The van der Waals surface area contributed by atoms with E-state index in [9.17, 15) is 14.4 Å². The van der Waals surface area contributed by atoms with Crippen LogP contribution in [0.25, 0.3) is 0 Å². The van der Waals surface area contributed by atoms with Crippen LogP contribution in [0.3, 0.4) is 0 Å². The second kappa shape index (κ2) is 5.59. The highest BCUT2D eigenvalue weighted by atomic mass is 19.1. The van der Waals surface area contributed by atoms with Gasteiger partial charge in [-0.2, -0.15) is 5.26 Å². The fourth-order valence-corrected chi connectivity index (χ4v) is 2.39. The molecule has 0 saturated carbocycles. The average Bonchev–Trinajstić information content (AvgIpc) is 2.44. The topological polar surface area (TPSA) is 56.1 Å². The molecule has 0 atom stereocenters. The minimum atomic E-state index is -0.845. The molecule has 0 radical (unpaired) electrons. The van der Waals surface area contributed by atoms with E-state index in [-0.39, 0.29) is 5.91 Å². The van der Waals surface area contributed by atoms with Crippen LogP contribution in [0.1, 0.15) is 28.8 Å². The summed E-state index contributed by atoms with van der Waals surface area (Å²) in [6.07, 6.45) is 1.17. The summed E-state index contributed by atoms with van der Waals surface area (Å²) in [6.45, 7) is 3.27. The first-order valence-corrected chi connectivity index (χ1v) is 6.64. The van der Waals surface area contributed by atoms with E-state index in [0.29, 0.717) is 24.0 Å². The van der Waals surface area contributed by atoms with Gasteiger partial charge in [-0.25, -0.2) is 4.39 Å². The molecule has 5 heteroatoms. The van der Waals surface area contributed by atoms with Crippen molar-refractivity contribution in [2.75, 3.05) is 20.1 Å². The van der Waals surface area contributed by atoms with Gasteiger partial charge in [0.05, 0.1) is 6.07 Å². The lowest BCUT2D eigenvalue weighted by Crippen LogP contribution is -2.53. The minimum Gasteiger partial charge on any atom is -0.334 e. The summed E-state index contributed by atoms with van der Waals surface area (Å²) in [7, 11) is 1.99. The van der Waals surface area contributed by atoms with Gasteiger partial charge in [-0.1, -0.05) is 6.07 Å². The van der Waals surface area contributed by atoms with E-state index >= 15 is 0 Å². The van der Waals surface area contributed by atoms with Gasteiger partial charge in [-0.05, 0) is 44.5 Å².